The van der Waals surface area contributed by atoms with Gasteiger partial charge in [0.2, 0.25) is 0 Å². The van der Waals surface area contributed by atoms with Gasteiger partial charge in [0, 0.05) is 18.3 Å². The molecule has 4 aromatic rings. The van der Waals surface area contributed by atoms with E-state index in [-0.39, 0.29) is 23.0 Å². The number of pyridine rings is 1. The number of ether oxygens (including phenoxy) is 3. The zero-order valence-electron chi connectivity index (χ0n) is 17.3. The summed E-state index contributed by atoms with van der Waals surface area (Å²) in [6.45, 7) is 0.259. The van der Waals surface area contributed by atoms with Crippen molar-refractivity contribution in [3.05, 3.63) is 72.1 Å². The lowest BCUT2D eigenvalue weighted by molar-refractivity contribution is -0.274. The lowest BCUT2D eigenvalue weighted by Gasteiger charge is -2.14. The number of fused-ring (bicyclic) bond motifs is 1. The zero-order valence-corrected chi connectivity index (χ0v) is 18.1. The van der Waals surface area contributed by atoms with Gasteiger partial charge in [-0.3, -0.25) is 9.19 Å². The van der Waals surface area contributed by atoms with E-state index in [1.165, 1.54) is 19.4 Å². The molecule has 1 atom stereocenters. The molecule has 0 radical (unpaired) electrons. The summed E-state index contributed by atoms with van der Waals surface area (Å²) in [7, 11) is -0.198. The average Bonchev–Trinajstić information content (AvgIpc) is 3.21. The van der Waals surface area contributed by atoms with Crippen LogP contribution in [0.4, 0.5) is 13.2 Å². The highest BCUT2D eigenvalue weighted by Crippen LogP contribution is 2.32. The topological polar surface area (TPSA) is 86.3 Å². The Morgan fingerprint density at radius 1 is 1.09 bits per heavy atom. The molecule has 4 rings (SSSR count). The molecule has 0 bridgehead atoms. The maximum absolute atomic E-state index is 13.0. The van der Waals surface area contributed by atoms with E-state index < -0.39 is 22.9 Å². The van der Waals surface area contributed by atoms with Crippen LogP contribution in [0.3, 0.4) is 0 Å². The Morgan fingerprint density at radius 2 is 1.88 bits per heavy atom. The van der Waals surface area contributed by atoms with Gasteiger partial charge in [0.05, 0.1) is 40.4 Å². The van der Waals surface area contributed by atoms with Crippen molar-refractivity contribution >= 4 is 21.8 Å². The Labute approximate surface area is 189 Å². The average molecular weight is 477 g/mol. The number of H-pyrrole nitrogens is 1. The van der Waals surface area contributed by atoms with E-state index in [9.17, 15) is 17.4 Å². The van der Waals surface area contributed by atoms with E-state index >= 15 is 0 Å². The lowest BCUT2D eigenvalue weighted by Crippen LogP contribution is -2.16. The molecule has 0 aliphatic rings. The first-order valence-corrected chi connectivity index (χ1v) is 11.0. The maximum atomic E-state index is 13.0. The number of hydrogen-bond donors (Lipinski definition) is 1. The fourth-order valence-corrected chi connectivity index (χ4v) is 4.10. The first kappa shape index (κ1) is 22.6. The maximum Gasteiger partial charge on any atom is 0.573 e. The summed E-state index contributed by atoms with van der Waals surface area (Å²) in [6.07, 6.45) is -3.30. The highest BCUT2D eigenvalue weighted by atomic mass is 32.2. The molecule has 7 nitrogen and oxygen atoms in total. The fraction of sp³-hybridized carbons (Fsp3) is 0.182. The minimum Gasteiger partial charge on any atom is -0.493 e. The third kappa shape index (κ3) is 5.61. The molecule has 2 aromatic carbocycles. The molecule has 0 fully saturated rings. The van der Waals surface area contributed by atoms with Gasteiger partial charge in [-0.25, -0.2) is 4.98 Å². The van der Waals surface area contributed by atoms with E-state index in [1.807, 2.05) is 30.3 Å². The molecule has 1 N–H and O–H groups in total. The minimum atomic E-state index is -4.81. The van der Waals surface area contributed by atoms with E-state index in [2.05, 4.69) is 19.7 Å². The van der Waals surface area contributed by atoms with E-state index in [0.717, 1.165) is 17.7 Å². The Kier molecular flexibility index (Phi) is 6.50. The largest absolute Gasteiger partial charge is 0.573 e. The Hall–Kier alpha value is -3.60. The Morgan fingerprint density at radius 3 is 2.61 bits per heavy atom. The number of methoxy groups -OCH3 is 1. The predicted octanol–water partition coefficient (Wildman–Crippen LogP) is 4.75. The second kappa shape index (κ2) is 9.49. The first-order chi connectivity index (χ1) is 15.8. The van der Waals surface area contributed by atoms with Crippen LogP contribution in [0.2, 0.25) is 0 Å². The molecule has 0 amide bonds. The van der Waals surface area contributed by atoms with Crippen LogP contribution in [0.5, 0.6) is 17.2 Å². The molecule has 172 valence electrons. The van der Waals surface area contributed by atoms with Crippen molar-refractivity contribution in [2.24, 2.45) is 0 Å². The number of halogens is 3. The summed E-state index contributed by atoms with van der Waals surface area (Å²) in [6, 6.07) is 14.8. The van der Waals surface area contributed by atoms with Crippen LogP contribution in [0.15, 0.2) is 66.0 Å². The third-order valence-electron chi connectivity index (χ3n) is 4.54. The van der Waals surface area contributed by atoms with Crippen LogP contribution in [-0.4, -0.2) is 32.6 Å². The summed E-state index contributed by atoms with van der Waals surface area (Å²) in [4.78, 5) is 11.3. The number of aromatic nitrogens is 3. The molecule has 0 aliphatic heterocycles. The van der Waals surface area contributed by atoms with E-state index in [0.29, 0.717) is 22.7 Å². The Bertz CT molecular complexity index is 1280. The van der Waals surface area contributed by atoms with Gasteiger partial charge >= 0.3 is 6.36 Å². The molecular formula is C22H18F3N3O4S. The van der Waals surface area contributed by atoms with Gasteiger partial charge in [-0.05, 0) is 17.7 Å². The predicted molar refractivity (Wildman–Crippen MR) is 114 cm³/mol. The van der Waals surface area contributed by atoms with Gasteiger partial charge < -0.3 is 19.2 Å². The van der Waals surface area contributed by atoms with Crippen molar-refractivity contribution in [3.63, 3.8) is 0 Å². The van der Waals surface area contributed by atoms with Crippen molar-refractivity contribution in [2.75, 3.05) is 7.11 Å². The summed E-state index contributed by atoms with van der Waals surface area (Å²) in [5.41, 5.74) is 1.95. The number of imidazole rings is 1. The fourth-order valence-electron chi connectivity index (χ4n) is 3.08. The molecular weight excluding hydrogens is 459 g/mol. The van der Waals surface area contributed by atoms with Crippen LogP contribution in [0, 0.1) is 0 Å². The van der Waals surface area contributed by atoms with Gasteiger partial charge in [-0.15, -0.1) is 13.2 Å². The van der Waals surface area contributed by atoms with Gasteiger partial charge in [-0.1, -0.05) is 30.3 Å². The number of hydrogen-bond acceptors (Lipinski definition) is 6. The molecule has 0 saturated carbocycles. The zero-order chi connectivity index (χ0) is 23.4. The van der Waals surface area contributed by atoms with Gasteiger partial charge in [-0.2, -0.15) is 0 Å². The third-order valence-corrected chi connectivity index (χ3v) is 5.70. The van der Waals surface area contributed by atoms with E-state index in [4.69, 9.17) is 9.47 Å². The first-order valence-electron chi connectivity index (χ1n) is 9.65. The SMILES string of the molecule is COc1ccnc(CS(=O)c2nc3ccc(OC(F)(F)F)cc3[nH]2)c1OCc1ccccc1. The number of rotatable bonds is 8. The number of alkyl halides is 3. The number of nitrogens with zero attached hydrogens (tertiary/aromatic N) is 2. The van der Waals surface area contributed by atoms with Crippen LogP contribution < -0.4 is 14.2 Å². The molecule has 11 heteroatoms. The van der Waals surface area contributed by atoms with Gasteiger partial charge in [0.25, 0.3) is 0 Å². The number of aromatic amines is 1. The monoisotopic (exact) mass is 477 g/mol. The normalized spacial score (nSPS) is 12.5. The lowest BCUT2D eigenvalue weighted by atomic mass is 10.2. The van der Waals surface area contributed by atoms with Gasteiger partial charge in [0.15, 0.2) is 16.7 Å². The number of benzene rings is 2. The Balaban J connectivity index is 1.56. The highest BCUT2D eigenvalue weighted by molar-refractivity contribution is 7.84. The summed E-state index contributed by atoms with van der Waals surface area (Å²) in [5, 5.41) is 0.0905. The standard InChI is InChI=1S/C22H18F3N3O4S/c1-30-19-9-10-26-18(20(19)31-12-14-5-3-2-4-6-14)13-33(29)21-27-16-8-7-15(11-17(16)28-21)32-22(23,24)25/h2-11H,12-13H2,1H3,(H,27,28). The van der Waals surface area contributed by atoms with Gasteiger partial charge in [0.1, 0.15) is 12.4 Å². The molecule has 0 saturated heterocycles. The van der Waals surface area contributed by atoms with Crippen molar-refractivity contribution in [1.82, 2.24) is 15.0 Å². The number of nitrogens with one attached hydrogen (secondary N) is 1. The van der Waals surface area contributed by atoms with Crippen molar-refractivity contribution in [3.8, 4) is 17.2 Å². The summed E-state index contributed by atoms with van der Waals surface area (Å²) < 4.78 is 65.6. The molecule has 0 aliphatic carbocycles. The van der Waals surface area contributed by atoms with Crippen LogP contribution in [-0.2, 0) is 23.2 Å². The van der Waals surface area contributed by atoms with Crippen LogP contribution in [0.25, 0.3) is 11.0 Å². The molecule has 0 spiro atoms. The van der Waals surface area contributed by atoms with Crippen LogP contribution >= 0.6 is 0 Å². The highest BCUT2D eigenvalue weighted by Gasteiger charge is 2.31. The quantitative estimate of drug-likeness (QED) is 0.394. The summed E-state index contributed by atoms with van der Waals surface area (Å²) in [5.74, 6) is 0.343. The summed E-state index contributed by atoms with van der Waals surface area (Å²) >= 11 is 0. The van der Waals surface area contributed by atoms with Crippen molar-refractivity contribution in [1.29, 1.82) is 0 Å². The minimum absolute atomic E-state index is 0.0486. The second-order valence-electron chi connectivity index (χ2n) is 6.82. The molecule has 1 unspecified atom stereocenters. The van der Waals surface area contributed by atoms with Crippen LogP contribution in [0.1, 0.15) is 11.3 Å². The van der Waals surface area contributed by atoms with Crippen molar-refractivity contribution < 1.29 is 31.6 Å². The smallest absolute Gasteiger partial charge is 0.493 e. The van der Waals surface area contributed by atoms with E-state index in [1.54, 1.807) is 6.07 Å². The molecule has 33 heavy (non-hydrogen) atoms. The van der Waals surface area contributed by atoms with Crippen molar-refractivity contribution in [2.45, 2.75) is 23.9 Å². The molecule has 2 heterocycles. The second-order valence-corrected chi connectivity index (χ2v) is 8.19. The molecule has 2 aromatic heterocycles.